The van der Waals surface area contributed by atoms with Gasteiger partial charge in [0.15, 0.2) is 5.82 Å². The lowest BCUT2D eigenvalue weighted by atomic mass is 10.2. The smallest absolute Gasteiger partial charge is 0.204 e. The number of piperazine rings is 1. The molecule has 2 aromatic heterocycles. The van der Waals surface area contributed by atoms with E-state index in [1.165, 1.54) is 5.69 Å². The van der Waals surface area contributed by atoms with Crippen molar-refractivity contribution in [2.75, 3.05) is 49.5 Å². The highest BCUT2D eigenvalue weighted by molar-refractivity contribution is 5.82. The predicted molar refractivity (Wildman–Crippen MR) is 121 cm³/mol. The van der Waals surface area contributed by atoms with Crippen LogP contribution in [0.2, 0.25) is 0 Å². The zero-order valence-corrected chi connectivity index (χ0v) is 17.3. The highest BCUT2D eigenvalue weighted by Crippen LogP contribution is 2.21. The number of hydrogen-bond donors (Lipinski definition) is 1. The molecule has 1 saturated heterocycles. The molecule has 154 valence electrons. The first-order valence-corrected chi connectivity index (χ1v) is 10.7. The Balaban J connectivity index is 1.17. The summed E-state index contributed by atoms with van der Waals surface area (Å²) in [6, 6.07) is 18.8. The Kier molecular flexibility index (Phi) is 5.19. The van der Waals surface area contributed by atoms with E-state index in [1.807, 2.05) is 25.1 Å². The van der Waals surface area contributed by atoms with E-state index in [9.17, 15) is 0 Å². The van der Waals surface area contributed by atoms with Crippen LogP contribution in [0.15, 0.2) is 54.6 Å². The lowest BCUT2D eigenvalue weighted by molar-refractivity contribution is 0.257. The fourth-order valence-electron chi connectivity index (χ4n) is 4.22. The summed E-state index contributed by atoms with van der Waals surface area (Å²) in [4.78, 5) is 9.81. The molecular weight excluding hydrogens is 374 g/mol. The fourth-order valence-corrected chi connectivity index (χ4v) is 4.22. The van der Waals surface area contributed by atoms with E-state index in [4.69, 9.17) is 4.98 Å². The first-order valence-electron chi connectivity index (χ1n) is 10.7. The van der Waals surface area contributed by atoms with Crippen molar-refractivity contribution in [3.05, 3.63) is 60.4 Å². The molecule has 0 aliphatic carbocycles. The van der Waals surface area contributed by atoms with E-state index in [0.717, 1.165) is 74.0 Å². The third kappa shape index (κ3) is 3.68. The van der Waals surface area contributed by atoms with Crippen molar-refractivity contribution in [2.24, 2.45) is 0 Å². The molecule has 0 amide bonds. The number of hydrogen-bond acceptors (Lipinski definition) is 6. The third-order valence-electron chi connectivity index (χ3n) is 5.83. The number of para-hydroxylation sites is 3. The lowest BCUT2D eigenvalue weighted by Gasteiger charge is -2.36. The van der Waals surface area contributed by atoms with Gasteiger partial charge in [-0.2, -0.15) is 0 Å². The summed E-state index contributed by atoms with van der Waals surface area (Å²) in [5.74, 6) is 1.69. The molecule has 1 N–H and O–H groups in total. The number of benzene rings is 2. The summed E-state index contributed by atoms with van der Waals surface area (Å²) < 4.78 is 2.08. The van der Waals surface area contributed by atoms with Gasteiger partial charge in [0.1, 0.15) is 5.82 Å². The van der Waals surface area contributed by atoms with Gasteiger partial charge in [0, 0.05) is 38.4 Å². The van der Waals surface area contributed by atoms with E-state index >= 15 is 0 Å². The van der Waals surface area contributed by atoms with Gasteiger partial charge < -0.3 is 10.2 Å². The Morgan fingerprint density at radius 1 is 0.900 bits per heavy atom. The van der Waals surface area contributed by atoms with E-state index in [1.54, 1.807) is 0 Å². The zero-order valence-electron chi connectivity index (χ0n) is 17.3. The molecule has 1 aliphatic rings. The summed E-state index contributed by atoms with van der Waals surface area (Å²) >= 11 is 0. The molecule has 0 saturated carbocycles. The maximum absolute atomic E-state index is 4.79. The predicted octanol–water partition coefficient (Wildman–Crippen LogP) is 3.21. The van der Waals surface area contributed by atoms with Crippen molar-refractivity contribution in [1.82, 2.24) is 24.5 Å². The monoisotopic (exact) mass is 401 g/mol. The van der Waals surface area contributed by atoms with Crippen LogP contribution in [-0.4, -0.2) is 63.8 Å². The average molecular weight is 402 g/mol. The molecule has 0 radical (unpaired) electrons. The van der Waals surface area contributed by atoms with Gasteiger partial charge in [-0.3, -0.25) is 9.30 Å². The van der Waals surface area contributed by atoms with E-state index in [2.05, 4.69) is 66.1 Å². The molecule has 2 aromatic carbocycles. The summed E-state index contributed by atoms with van der Waals surface area (Å²) in [6.07, 6.45) is 1.07. The summed E-state index contributed by atoms with van der Waals surface area (Å²) in [5.41, 5.74) is 4.11. The Morgan fingerprint density at radius 3 is 2.50 bits per heavy atom. The van der Waals surface area contributed by atoms with Crippen LogP contribution in [0.5, 0.6) is 0 Å². The number of anilines is 2. The van der Waals surface area contributed by atoms with Crippen LogP contribution in [0.4, 0.5) is 11.5 Å². The van der Waals surface area contributed by atoms with Crippen LogP contribution >= 0.6 is 0 Å². The van der Waals surface area contributed by atoms with Gasteiger partial charge in [-0.25, -0.2) is 4.98 Å². The number of nitrogens with zero attached hydrogens (tertiary/aromatic N) is 6. The maximum atomic E-state index is 4.79. The largest absolute Gasteiger partial charge is 0.369 e. The summed E-state index contributed by atoms with van der Waals surface area (Å²) in [6.45, 7) is 8.32. The molecule has 1 fully saturated rings. The lowest BCUT2D eigenvalue weighted by Crippen LogP contribution is -2.46. The fraction of sp³-hybridized carbons (Fsp3) is 0.348. The molecule has 0 bridgehead atoms. The van der Waals surface area contributed by atoms with Crippen LogP contribution in [0.25, 0.3) is 16.7 Å². The second kappa shape index (κ2) is 8.28. The molecule has 30 heavy (non-hydrogen) atoms. The van der Waals surface area contributed by atoms with Gasteiger partial charge in [-0.05, 0) is 44.2 Å². The number of aromatic nitrogens is 4. The summed E-state index contributed by atoms with van der Waals surface area (Å²) in [5, 5.41) is 12.1. The van der Waals surface area contributed by atoms with E-state index in [0.29, 0.717) is 0 Å². The van der Waals surface area contributed by atoms with Crippen molar-refractivity contribution in [1.29, 1.82) is 0 Å². The molecule has 7 nitrogen and oxygen atoms in total. The van der Waals surface area contributed by atoms with Crippen molar-refractivity contribution in [3.8, 4) is 0 Å². The highest BCUT2D eigenvalue weighted by atomic mass is 15.3. The molecule has 1 aliphatic heterocycles. The minimum Gasteiger partial charge on any atom is -0.369 e. The highest BCUT2D eigenvalue weighted by Gasteiger charge is 2.17. The number of aryl methyl sites for hydroxylation is 1. The Bertz CT molecular complexity index is 1130. The van der Waals surface area contributed by atoms with Crippen LogP contribution in [0, 0.1) is 6.92 Å². The van der Waals surface area contributed by atoms with Crippen molar-refractivity contribution < 1.29 is 0 Å². The Labute approximate surface area is 176 Å². The molecule has 4 aromatic rings. The SMILES string of the molecule is Cc1nnc2c(NCCCN3CCN(c4ccccc4)CC3)nc3ccccc3n12. The molecular formula is C23H27N7. The Morgan fingerprint density at radius 2 is 1.67 bits per heavy atom. The average Bonchev–Trinajstić information content (AvgIpc) is 3.20. The van der Waals surface area contributed by atoms with Gasteiger partial charge in [-0.15, -0.1) is 10.2 Å². The maximum Gasteiger partial charge on any atom is 0.204 e. The van der Waals surface area contributed by atoms with Crippen LogP contribution in [-0.2, 0) is 0 Å². The molecule has 7 heteroatoms. The third-order valence-corrected chi connectivity index (χ3v) is 5.83. The van der Waals surface area contributed by atoms with Gasteiger partial charge in [0.05, 0.1) is 11.0 Å². The number of rotatable bonds is 6. The molecule has 0 unspecified atom stereocenters. The minimum atomic E-state index is 0.794. The van der Waals surface area contributed by atoms with Crippen molar-refractivity contribution >= 4 is 28.2 Å². The van der Waals surface area contributed by atoms with Crippen LogP contribution in [0.3, 0.4) is 0 Å². The Hall–Kier alpha value is -3.19. The number of fused-ring (bicyclic) bond motifs is 3. The van der Waals surface area contributed by atoms with Crippen molar-refractivity contribution in [2.45, 2.75) is 13.3 Å². The molecule has 3 heterocycles. The molecule has 5 rings (SSSR count). The number of nitrogens with one attached hydrogen (secondary N) is 1. The van der Waals surface area contributed by atoms with Crippen LogP contribution in [0.1, 0.15) is 12.2 Å². The summed E-state index contributed by atoms with van der Waals surface area (Å²) in [7, 11) is 0. The van der Waals surface area contributed by atoms with E-state index < -0.39 is 0 Å². The zero-order chi connectivity index (χ0) is 20.3. The second-order valence-electron chi connectivity index (χ2n) is 7.80. The first kappa shape index (κ1) is 18.8. The van der Waals surface area contributed by atoms with Gasteiger partial charge >= 0.3 is 0 Å². The quantitative estimate of drug-likeness (QED) is 0.501. The minimum absolute atomic E-state index is 0.794. The van der Waals surface area contributed by atoms with Gasteiger partial charge in [0.25, 0.3) is 0 Å². The van der Waals surface area contributed by atoms with E-state index in [-0.39, 0.29) is 0 Å². The molecule has 0 spiro atoms. The topological polar surface area (TPSA) is 61.6 Å². The molecule has 0 atom stereocenters. The van der Waals surface area contributed by atoms with Gasteiger partial charge in [-0.1, -0.05) is 30.3 Å². The standard InChI is InChI=1S/C23H27N7/c1-18-26-27-23-22(25-20-10-5-6-11-21(20)30(18)23)24-12-7-13-28-14-16-29(17-15-28)19-8-3-2-4-9-19/h2-6,8-11H,7,12-17H2,1H3,(H,24,25). The van der Waals surface area contributed by atoms with Crippen molar-refractivity contribution in [3.63, 3.8) is 0 Å². The van der Waals surface area contributed by atoms with Gasteiger partial charge in [0.2, 0.25) is 5.65 Å². The second-order valence-corrected chi connectivity index (χ2v) is 7.80. The van der Waals surface area contributed by atoms with Crippen LogP contribution < -0.4 is 10.2 Å². The normalized spacial score (nSPS) is 15.2. The first-order chi connectivity index (χ1) is 14.8.